The fourth-order valence-corrected chi connectivity index (χ4v) is 1.96. The molecule has 2 aliphatic heterocycles. The van der Waals surface area contributed by atoms with E-state index < -0.39 is 0 Å². The van der Waals surface area contributed by atoms with E-state index in [2.05, 4.69) is 5.32 Å². The van der Waals surface area contributed by atoms with Gasteiger partial charge in [0.2, 0.25) is 0 Å². The molecule has 0 aromatic carbocycles. The van der Waals surface area contributed by atoms with Crippen LogP contribution in [0.1, 0.15) is 25.7 Å². The van der Waals surface area contributed by atoms with Gasteiger partial charge in [0.25, 0.3) is 0 Å². The van der Waals surface area contributed by atoms with Gasteiger partial charge in [0.15, 0.2) is 0 Å². The molecule has 76 valence electrons. The molecule has 0 saturated carbocycles. The van der Waals surface area contributed by atoms with Crippen LogP contribution in [0.5, 0.6) is 0 Å². The van der Waals surface area contributed by atoms with Gasteiger partial charge in [-0.1, -0.05) is 0 Å². The van der Waals surface area contributed by atoms with Gasteiger partial charge in [-0.15, -0.1) is 0 Å². The van der Waals surface area contributed by atoms with Crippen molar-refractivity contribution in [3.63, 3.8) is 0 Å². The van der Waals surface area contributed by atoms with Crippen molar-refractivity contribution in [2.24, 2.45) is 0 Å². The van der Waals surface area contributed by atoms with E-state index in [0.717, 1.165) is 32.8 Å². The first kappa shape index (κ1) is 9.44. The predicted octanol–water partition coefficient (Wildman–Crippen LogP) is 0.934. The average molecular weight is 185 g/mol. The smallest absolute Gasteiger partial charge is 0.0699 e. The molecule has 0 aromatic heterocycles. The lowest BCUT2D eigenvalue weighted by molar-refractivity contribution is 0.0152. The Labute approximate surface area is 79.8 Å². The van der Waals surface area contributed by atoms with E-state index in [-0.39, 0.29) is 0 Å². The van der Waals surface area contributed by atoms with Crippen molar-refractivity contribution < 1.29 is 9.47 Å². The molecule has 0 aromatic rings. The van der Waals surface area contributed by atoms with Gasteiger partial charge in [-0.25, -0.2) is 0 Å². The molecule has 2 saturated heterocycles. The Bertz CT molecular complexity index is 140. The fourth-order valence-electron chi connectivity index (χ4n) is 1.96. The maximum Gasteiger partial charge on any atom is 0.0699 e. The third-order valence-corrected chi connectivity index (χ3v) is 2.84. The van der Waals surface area contributed by atoms with Crippen molar-refractivity contribution in [3.8, 4) is 0 Å². The van der Waals surface area contributed by atoms with Crippen LogP contribution in [0.2, 0.25) is 0 Å². The molecule has 13 heavy (non-hydrogen) atoms. The molecule has 3 heteroatoms. The molecule has 1 N–H and O–H groups in total. The second kappa shape index (κ2) is 4.94. The van der Waals surface area contributed by atoms with Gasteiger partial charge in [0, 0.05) is 25.8 Å². The molecule has 0 spiro atoms. The minimum atomic E-state index is 0.453. The highest BCUT2D eigenvalue weighted by molar-refractivity contribution is 4.74. The van der Waals surface area contributed by atoms with E-state index in [1.54, 1.807) is 0 Å². The molecule has 0 amide bonds. The normalized spacial score (nSPS) is 35.1. The van der Waals surface area contributed by atoms with Crippen molar-refractivity contribution in [1.29, 1.82) is 0 Å². The van der Waals surface area contributed by atoms with Gasteiger partial charge in [0.05, 0.1) is 12.7 Å². The highest BCUT2D eigenvalue weighted by Crippen LogP contribution is 2.12. The van der Waals surface area contributed by atoms with Gasteiger partial charge in [0.1, 0.15) is 0 Å². The standard InChI is InChI=1S/C10H19NO2/c1-2-5-13-10(3-1)7-11-9-4-6-12-8-9/h9-11H,1-8H2. The Balaban J connectivity index is 1.60. The number of hydrogen-bond donors (Lipinski definition) is 1. The first-order valence-electron chi connectivity index (χ1n) is 5.38. The molecule has 0 aliphatic carbocycles. The first-order valence-corrected chi connectivity index (χ1v) is 5.38. The van der Waals surface area contributed by atoms with E-state index in [9.17, 15) is 0 Å². The summed E-state index contributed by atoms with van der Waals surface area (Å²) in [6.07, 6.45) is 5.40. The maximum absolute atomic E-state index is 5.63. The molecule has 2 rings (SSSR count). The fraction of sp³-hybridized carbons (Fsp3) is 1.00. The lowest BCUT2D eigenvalue weighted by Crippen LogP contribution is -2.38. The Kier molecular flexibility index (Phi) is 3.58. The third-order valence-electron chi connectivity index (χ3n) is 2.84. The van der Waals surface area contributed by atoms with E-state index in [1.807, 2.05) is 0 Å². The van der Waals surface area contributed by atoms with Gasteiger partial charge >= 0.3 is 0 Å². The average Bonchev–Trinajstić information content (AvgIpc) is 2.69. The van der Waals surface area contributed by atoms with Crippen LogP contribution in [0.15, 0.2) is 0 Å². The van der Waals surface area contributed by atoms with Crippen LogP contribution in [0.25, 0.3) is 0 Å². The summed E-state index contributed by atoms with van der Waals surface area (Å²) < 4.78 is 10.9. The molecule has 3 nitrogen and oxygen atoms in total. The molecular weight excluding hydrogens is 166 g/mol. The minimum absolute atomic E-state index is 0.453. The SMILES string of the molecule is C1CCC(CNC2CCOC2)OC1. The monoisotopic (exact) mass is 185 g/mol. The topological polar surface area (TPSA) is 30.5 Å². The van der Waals surface area contributed by atoms with Crippen molar-refractivity contribution in [1.82, 2.24) is 5.32 Å². The Morgan fingerprint density at radius 1 is 1.15 bits per heavy atom. The van der Waals surface area contributed by atoms with Gasteiger partial charge in [-0.2, -0.15) is 0 Å². The Hall–Kier alpha value is -0.120. The maximum atomic E-state index is 5.63. The van der Waals surface area contributed by atoms with Crippen molar-refractivity contribution in [2.75, 3.05) is 26.4 Å². The van der Waals surface area contributed by atoms with Crippen LogP contribution in [0.3, 0.4) is 0 Å². The first-order chi connectivity index (χ1) is 6.45. The summed E-state index contributed by atoms with van der Waals surface area (Å²) in [7, 11) is 0. The molecule has 0 bridgehead atoms. The third kappa shape index (κ3) is 2.93. The highest BCUT2D eigenvalue weighted by atomic mass is 16.5. The number of hydrogen-bond acceptors (Lipinski definition) is 3. The van der Waals surface area contributed by atoms with Crippen molar-refractivity contribution in [2.45, 2.75) is 37.8 Å². The van der Waals surface area contributed by atoms with Crippen LogP contribution in [-0.4, -0.2) is 38.5 Å². The molecule has 2 atom stereocenters. The number of ether oxygens (including phenoxy) is 2. The van der Waals surface area contributed by atoms with Crippen LogP contribution in [0, 0.1) is 0 Å². The molecular formula is C10H19NO2. The lowest BCUT2D eigenvalue weighted by Gasteiger charge is -2.24. The molecule has 2 aliphatic rings. The second-order valence-corrected chi connectivity index (χ2v) is 3.96. The largest absolute Gasteiger partial charge is 0.380 e. The van der Waals surface area contributed by atoms with Crippen molar-refractivity contribution in [3.05, 3.63) is 0 Å². The minimum Gasteiger partial charge on any atom is -0.380 e. The molecule has 2 heterocycles. The van der Waals surface area contributed by atoms with E-state index in [4.69, 9.17) is 9.47 Å². The zero-order valence-electron chi connectivity index (χ0n) is 8.13. The van der Waals surface area contributed by atoms with E-state index >= 15 is 0 Å². The Morgan fingerprint density at radius 2 is 2.15 bits per heavy atom. The van der Waals surface area contributed by atoms with E-state index in [0.29, 0.717) is 12.1 Å². The van der Waals surface area contributed by atoms with Gasteiger partial charge in [-0.05, 0) is 25.7 Å². The number of rotatable bonds is 3. The van der Waals surface area contributed by atoms with Crippen LogP contribution in [0.4, 0.5) is 0 Å². The van der Waals surface area contributed by atoms with Crippen LogP contribution >= 0.6 is 0 Å². The quantitative estimate of drug-likeness (QED) is 0.709. The lowest BCUT2D eigenvalue weighted by atomic mass is 10.1. The molecule has 0 radical (unpaired) electrons. The summed E-state index contributed by atoms with van der Waals surface area (Å²) in [5.41, 5.74) is 0. The predicted molar refractivity (Wildman–Crippen MR) is 50.8 cm³/mol. The summed E-state index contributed by atoms with van der Waals surface area (Å²) in [5, 5.41) is 3.50. The summed E-state index contributed by atoms with van der Waals surface area (Å²) >= 11 is 0. The zero-order valence-corrected chi connectivity index (χ0v) is 8.13. The zero-order chi connectivity index (χ0) is 8.93. The highest BCUT2D eigenvalue weighted by Gasteiger charge is 2.18. The van der Waals surface area contributed by atoms with Crippen LogP contribution < -0.4 is 5.32 Å². The van der Waals surface area contributed by atoms with Gasteiger partial charge in [-0.3, -0.25) is 0 Å². The Morgan fingerprint density at radius 3 is 2.85 bits per heavy atom. The summed E-state index contributed by atoms with van der Waals surface area (Å²) in [5.74, 6) is 0. The van der Waals surface area contributed by atoms with E-state index in [1.165, 1.54) is 19.3 Å². The van der Waals surface area contributed by atoms with Crippen LogP contribution in [-0.2, 0) is 9.47 Å². The number of nitrogens with one attached hydrogen (secondary N) is 1. The van der Waals surface area contributed by atoms with Gasteiger partial charge < -0.3 is 14.8 Å². The summed E-state index contributed by atoms with van der Waals surface area (Å²) in [4.78, 5) is 0. The molecule has 2 fully saturated rings. The van der Waals surface area contributed by atoms with Crippen molar-refractivity contribution >= 4 is 0 Å². The second-order valence-electron chi connectivity index (χ2n) is 3.96. The summed E-state index contributed by atoms with van der Waals surface area (Å²) in [6, 6.07) is 0.575. The summed E-state index contributed by atoms with van der Waals surface area (Å²) in [6.45, 7) is 3.76. The molecule has 2 unspecified atom stereocenters.